The lowest BCUT2D eigenvalue weighted by atomic mass is 9.94. The molecule has 116 valence electrons. The molecule has 1 N–H and O–H groups in total. The third-order valence-electron chi connectivity index (χ3n) is 4.72. The van der Waals surface area contributed by atoms with Crippen LogP contribution in [0.5, 0.6) is 0 Å². The largest absolute Gasteiger partial charge is 0.312 e. The smallest absolute Gasteiger partial charge is 0.162 e. The van der Waals surface area contributed by atoms with E-state index in [1.54, 1.807) is 12.1 Å². The number of piperazine rings is 3. The summed E-state index contributed by atoms with van der Waals surface area (Å²) in [5.41, 5.74) is 0.471. The summed E-state index contributed by atoms with van der Waals surface area (Å²) in [4.78, 5) is 4.96. The van der Waals surface area contributed by atoms with E-state index in [1.165, 1.54) is 6.07 Å². The molecule has 3 fully saturated rings. The van der Waals surface area contributed by atoms with Crippen LogP contribution in [0.15, 0.2) is 18.2 Å². The summed E-state index contributed by atoms with van der Waals surface area (Å²) in [5, 5.41) is 3.47. The first-order chi connectivity index (χ1) is 10.2. The fourth-order valence-corrected chi connectivity index (χ4v) is 3.59. The van der Waals surface area contributed by atoms with Crippen LogP contribution in [0.25, 0.3) is 0 Å². The zero-order valence-corrected chi connectivity index (χ0v) is 12.5. The molecule has 21 heavy (non-hydrogen) atoms. The van der Waals surface area contributed by atoms with Crippen LogP contribution < -0.4 is 5.32 Å². The van der Waals surface area contributed by atoms with Gasteiger partial charge in [0.2, 0.25) is 0 Å². The molecule has 1 aromatic carbocycles. The first-order valence-electron chi connectivity index (χ1n) is 7.81. The first kappa shape index (κ1) is 14.9. The van der Waals surface area contributed by atoms with Gasteiger partial charge < -0.3 is 5.32 Å². The molecule has 0 spiro atoms. The molecule has 0 saturated carbocycles. The zero-order chi connectivity index (χ0) is 14.8. The van der Waals surface area contributed by atoms with Gasteiger partial charge in [-0.2, -0.15) is 0 Å². The molecule has 2 atom stereocenters. The van der Waals surface area contributed by atoms with E-state index < -0.39 is 11.6 Å². The van der Waals surface area contributed by atoms with Gasteiger partial charge in [0.1, 0.15) is 0 Å². The molecule has 3 aliphatic heterocycles. The Kier molecular flexibility index (Phi) is 4.52. The van der Waals surface area contributed by atoms with Crippen LogP contribution in [0.2, 0.25) is 0 Å². The average molecular weight is 295 g/mol. The van der Waals surface area contributed by atoms with Crippen molar-refractivity contribution in [3.8, 4) is 0 Å². The third kappa shape index (κ3) is 3.10. The highest BCUT2D eigenvalue weighted by atomic mass is 19.2. The van der Waals surface area contributed by atoms with Crippen LogP contribution in [0.1, 0.15) is 12.5 Å². The molecule has 0 radical (unpaired) electrons. The number of hydrogen-bond donors (Lipinski definition) is 1. The van der Waals surface area contributed by atoms with Gasteiger partial charge in [-0.1, -0.05) is 19.1 Å². The Labute approximate surface area is 124 Å². The lowest BCUT2D eigenvalue weighted by Crippen LogP contribution is -2.66. The molecule has 3 heterocycles. The molecule has 0 aliphatic carbocycles. The van der Waals surface area contributed by atoms with Gasteiger partial charge >= 0.3 is 0 Å². The van der Waals surface area contributed by atoms with Crippen LogP contribution in [-0.4, -0.2) is 61.2 Å². The molecule has 0 aromatic heterocycles. The van der Waals surface area contributed by atoms with Crippen molar-refractivity contribution in [2.45, 2.75) is 25.4 Å². The highest BCUT2D eigenvalue weighted by Gasteiger charge is 2.36. The standard InChI is InChI=1S/C16H23F2N3/c1-2-19-14(10-12-4-3-5-13(17)16(12)18)15-11-20-6-8-21(15)9-7-20/h3-5,14-15,19H,2,6-11H2,1H3. The van der Waals surface area contributed by atoms with Crippen LogP contribution in [-0.2, 0) is 6.42 Å². The minimum Gasteiger partial charge on any atom is -0.312 e. The van der Waals surface area contributed by atoms with Crippen molar-refractivity contribution in [3.05, 3.63) is 35.4 Å². The molecule has 3 saturated heterocycles. The number of likely N-dealkylation sites (N-methyl/N-ethyl adjacent to an activating group) is 1. The van der Waals surface area contributed by atoms with Crippen LogP contribution in [0.4, 0.5) is 8.78 Å². The number of nitrogens with one attached hydrogen (secondary N) is 1. The summed E-state index contributed by atoms with van der Waals surface area (Å²) in [6.45, 7) is 8.34. The van der Waals surface area contributed by atoms with Gasteiger partial charge in [0, 0.05) is 44.8 Å². The molecule has 2 bridgehead atoms. The zero-order valence-electron chi connectivity index (χ0n) is 12.5. The van der Waals surface area contributed by atoms with Crippen molar-refractivity contribution < 1.29 is 8.78 Å². The molecule has 5 heteroatoms. The van der Waals surface area contributed by atoms with Crippen LogP contribution >= 0.6 is 0 Å². The first-order valence-corrected chi connectivity index (χ1v) is 7.81. The molecular formula is C16H23F2N3. The average Bonchev–Trinajstić information content (AvgIpc) is 2.52. The number of halogens is 2. The van der Waals surface area contributed by atoms with E-state index in [2.05, 4.69) is 22.0 Å². The maximum Gasteiger partial charge on any atom is 0.162 e. The second kappa shape index (κ2) is 6.38. The third-order valence-corrected chi connectivity index (χ3v) is 4.72. The highest BCUT2D eigenvalue weighted by molar-refractivity contribution is 5.21. The lowest BCUT2D eigenvalue weighted by Gasteiger charge is -2.50. The van der Waals surface area contributed by atoms with Crippen molar-refractivity contribution in [1.82, 2.24) is 15.1 Å². The van der Waals surface area contributed by atoms with Gasteiger partial charge in [0.25, 0.3) is 0 Å². The SMILES string of the molecule is CCNC(Cc1cccc(F)c1F)C1CN2CCN1CC2. The Morgan fingerprint density at radius 3 is 2.62 bits per heavy atom. The van der Waals surface area contributed by atoms with Gasteiger partial charge in [0.15, 0.2) is 11.6 Å². The van der Waals surface area contributed by atoms with Crippen molar-refractivity contribution in [2.75, 3.05) is 39.3 Å². The van der Waals surface area contributed by atoms with Gasteiger partial charge in [-0.3, -0.25) is 9.80 Å². The van der Waals surface area contributed by atoms with Gasteiger partial charge in [-0.15, -0.1) is 0 Å². The number of fused-ring (bicyclic) bond motifs is 3. The Morgan fingerprint density at radius 1 is 1.24 bits per heavy atom. The fraction of sp³-hybridized carbons (Fsp3) is 0.625. The lowest BCUT2D eigenvalue weighted by molar-refractivity contribution is -0.00301. The molecule has 3 aliphatic rings. The Hall–Kier alpha value is -1.04. The van der Waals surface area contributed by atoms with E-state index in [0.717, 1.165) is 39.3 Å². The maximum atomic E-state index is 13.9. The second-order valence-electron chi connectivity index (χ2n) is 5.99. The maximum absolute atomic E-state index is 13.9. The van der Waals surface area contributed by atoms with E-state index >= 15 is 0 Å². The molecular weight excluding hydrogens is 272 g/mol. The molecule has 3 nitrogen and oxygen atoms in total. The number of nitrogens with zero attached hydrogens (tertiary/aromatic N) is 2. The second-order valence-corrected chi connectivity index (χ2v) is 5.99. The predicted octanol–water partition coefficient (Wildman–Crippen LogP) is 1.49. The van der Waals surface area contributed by atoms with E-state index in [0.29, 0.717) is 18.0 Å². The minimum atomic E-state index is -0.753. The Balaban J connectivity index is 1.77. The van der Waals surface area contributed by atoms with E-state index in [9.17, 15) is 8.78 Å². The number of rotatable bonds is 5. The van der Waals surface area contributed by atoms with Crippen molar-refractivity contribution >= 4 is 0 Å². The van der Waals surface area contributed by atoms with Gasteiger partial charge in [0.05, 0.1) is 0 Å². The van der Waals surface area contributed by atoms with Gasteiger partial charge in [-0.05, 0) is 24.6 Å². The fourth-order valence-electron chi connectivity index (χ4n) is 3.59. The summed E-state index contributed by atoms with van der Waals surface area (Å²) < 4.78 is 27.3. The Morgan fingerprint density at radius 2 is 2.00 bits per heavy atom. The summed E-state index contributed by atoms with van der Waals surface area (Å²) in [5.74, 6) is -1.45. The normalized spacial score (nSPS) is 29.6. The quantitative estimate of drug-likeness (QED) is 0.888. The summed E-state index contributed by atoms with van der Waals surface area (Å²) >= 11 is 0. The van der Waals surface area contributed by atoms with Crippen molar-refractivity contribution in [1.29, 1.82) is 0 Å². The molecule has 0 amide bonds. The van der Waals surface area contributed by atoms with E-state index in [1.807, 2.05) is 0 Å². The molecule has 2 unspecified atom stereocenters. The summed E-state index contributed by atoms with van der Waals surface area (Å²) in [7, 11) is 0. The topological polar surface area (TPSA) is 18.5 Å². The van der Waals surface area contributed by atoms with Crippen LogP contribution in [0, 0.1) is 11.6 Å². The van der Waals surface area contributed by atoms with Crippen LogP contribution in [0.3, 0.4) is 0 Å². The van der Waals surface area contributed by atoms with Crippen molar-refractivity contribution in [2.24, 2.45) is 0 Å². The number of hydrogen-bond acceptors (Lipinski definition) is 3. The molecule has 1 aromatic rings. The van der Waals surface area contributed by atoms with E-state index in [-0.39, 0.29) is 6.04 Å². The Bertz CT molecular complexity index is 486. The summed E-state index contributed by atoms with van der Waals surface area (Å²) in [6.07, 6.45) is 0.534. The van der Waals surface area contributed by atoms with E-state index in [4.69, 9.17) is 0 Å². The molecule has 4 rings (SSSR count). The van der Waals surface area contributed by atoms with Gasteiger partial charge in [-0.25, -0.2) is 8.78 Å². The summed E-state index contributed by atoms with van der Waals surface area (Å²) in [6, 6.07) is 5.01. The highest BCUT2D eigenvalue weighted by Crippen LogP contribution is 2.22. The minimum absolute atomic E-state index is 0.161. The monoisotopic (exact) mass is 295 g/mol. The van der Waals surface area contributed by atoms with Crippen molar-refractivity contribution in [3.63, 3.8) is 0 Å². The predicted molar refractivity (Wildman–Crippen MR) is 79.3 cm³/mol. The number of benzene rings is 1.